The number of hydrogen-bond donors (Lipinski definition) is 1. The minimum Gasteiger partial charge on any atom is -0.379 e. The third-order valence-electron chi connectivity index (χ3n) is 2.16. The Morgan fingerprint density at radius 2 is 1.43 bits per heavy atom. The lowest BCUT2D eigenvalue weighted by molar-refractivity contribution is -0.225. The average molecular weight is 330 g/mol. The summed E-state index contributed by atoms with van der Waals surface area (Å²) in [7, 11) is -4.16. The first-order valence-electron chi connectivity index (χ1n) is 7.14. The first kappa shape index (κ1) is 20.9. The lowest BCUT2D eigenvalue weighted by Crippen LogP contribution is -2.11. The van der Waals surface area contributed by atoms with Crippen molar-refractivity contribution in [1.82, 2.24) is 0 Å². The third kappa shape index (κ3) is 16.2. The van der Waals surface area contributed by atoms with E-state index in [9.17, 15) is 9.46 Å². The van der Waals surface area contributed by atoms with Gasteiger partial charge in [0.15, 0.2) is 0 Å². The van der Waals surface area contributed by atoms with Crippen LogP contribution in [0.4, 0.5) is 0 Å². The second kappa shape index (κ2) is 14.9. The van der Waals surface area contributed by atoms with Gasteiger partial charge in [0.05, 0.1) is 46.2 Å². The summed E-state index contributed by atoms with van der Waals surface area (Å²) >= 11 is 0. The quantitative estimate of drug-likeness (QED) is 0.199. The highest BCUT2D eigenvalue weighted by Gasteiger charge is 2.22. The summed E-state index contributed by atoms with van der Waals surface area (Å²) in [6.07, 6.45) is 1.65. The van der Waals surface area contributed by atoms with E-state index in [1.807, 2.05) is 13.8 Å². The Morgan fingerprint density at radius 1 is 0.857 bits per heavy atom. The van der Waals surface area contributed by atoms with Gasteiger partial charge in [0, 0.05) is 6.61 Å². The molecule has 0 rings (SSSR count). The molecule has 128 valence electrons. The lowest BCUT2D eigenvalue weighted by atomic mass is 10.4. The fourth-order valence-corrected chi connectivity index (χ4v) is 1.68. The Morgan fingerprint density at radius 3 is 2.00 bits per heavy atom. The summed E-state index contributed by atoms with van der Waals surface area (Å²) in [5.41, 5.74) is 0. The van der Waals surface area contributed by atoms with E-state index >= 15 is 0 Å². The SMILES string of the molecule is CCCCOOP(=O)(O)OCCOCCOCCOCC. The molecule has 0 radical (unpaired) electrons. The molecule has 0 aliphatic rings. The smallest absolute Gasteiger partial charge is 0.379 e. The lowest BCUT2D eigenvalue weighted by Gasteiger charge is -2.11. The van der Waals surface area contributed by atoms with E-state index in [0.717, 1.165) is 12.8 Å². The van der Waals surface area contributed by atoms with Crippen LogP contribution in [-0.2, 0) is 32.9 Å². The zero-order valence-electron chi connectivity index (χ0n) is 12.8. The van der Waals surface area contributed by atoms with Gasteiger partial charge < -0.3 is 19.1 Å². The Kier molecular flexibility index (Phi) is 14.8. The second-order valence-electron chi connectivity index (χ2n) is 3.97. The maximum atomic E-state index is 11.3. The van der Waals surface area contributed by atoms with Gasteiger partial charge in [-0.3, -0.25) is 4.52 Å². The van der Waals surface area contributed by atoms with Crippen molar-refractivity contribution < 1.29 is 37.8 Å². The van der Waals surface area contributed by atoms with E-state index < -0.39 is 7.82 Å². The molecule has 0 amide bonds. The Balaban J connectivity index is 3.30. The molecule has 9 heteroatoms. The van der Waals surface area contributed by atoms with Crippen molar-refractivity contribution in [3.8, 4) is 0 Å². The summed E-state index contributed by atoms with van der Waals surface area (Å²) in [5.74, 6) is 0. The van der Waals surface area contributed by atoms with Gasteiger partial charge in [0.1, 0.15) is 0 Å². The maximum Gasteiger partial charge on any atom is 0.499 e. The van der Waals surface area contributed by atoms with Crippen LogP contribution < -0.4 is 0 Å². The van der Waals surface area contributed by atoms with Gasteiger partial charge in [-0.25, -0.2) is 9.45 Å². The van der Waals surface area contributed by atoms with Crippen LogP contribution in [0.5, 0.6) is 0 Å². The van der Waals surface area contributed by atoms with Crippen molar-refractivity contribution in [1.29, 1.82) is 0 Å². The molecule has 0 saturated carbocycles. The van der Waals surface area contributed by atoms with E-state index in [4.69, 9.17) is 14.2 Å². The Labute approximate surface area is 126 Å². The van der Waals surface area contributed by atoms with Crippen molar-refractivity contribution >= 4 is 7.82 Å². The van der Waals surface area contributed by atoms with E-state index in [0.29, 0.717) is 33.0 Å². The van der Waals surface area contributed by atoms with Gasteiger partial charge in [-0.1, -0.05) is 13.3 Å². The maximum absolute atomic E-state index is 11.3. The van der Waals surface area contributed by atoms with Crippen LogP contribution in [0.3, 0.4) is 0 Å². The summed E-state index contributed by atoms with van der Waals surface area (Å²) < 4.78 is 35.7. The summed E-state index contributed by atoms with van der Waals surface area (Å²) in [6, 6.07) is 0. The van der Waals surface area contributed by atoms with Gasteiger partial charge >= 0.3 is 7.82 Å². The highest BCUT2D eigenvalue weighted by atomic mass is 31.2. The second-order valence-corrected chi connectivity index (χ2v) is 5.32. The molecular weight excluding hydrogens is 303 g/mol. The number of ether oxygens (including phenoxy) is 3. The number of rotatable bonds is 16. The van der Waals surface area contributed by atoms with E-state index in [1.165, 1.54) is 0 Å². The molecule has 0 aromatic rings. The van der Waals surface area contributed by atoms with Gasteiger partial charge in [-0.05, 0) is 13.3 Å². The van der Waals surface area contributed by atoms with Crippen LogP contribution in [0.15, 0.2) is 0 Å². The van der Waals surface area contributed by atoms with Gasteiger partial charge in [-0.2, -0.15) is 0 Å². The van der Waals surface area contributed by atoms with Gasteiger partial charge in [-0.15, -0.1) is 4.67 Å². The Bertz CT molecular complexity index is 264. The molecule has 0 saturated heterocycles. The van der Waals surface area contributed by atoms with Gasteiger partial charge in [0.25, 0.3) is 0 Å². The van der Waals surface area contributed by atoms with Crippen LogP contribution in [0.2, 0.25) is 0 Å². The topological polar surface area (TPSA) is 92.7 Å². The minimum absolute atomic E-state index is 0.0656. The van der Waals surface area contributed by atoms with Crippen molar-refractivity contribution in [3.63, 3.8) is 0 Å². The van der Waals surface area contributed by atoms with Gasteiger partial charge in [0.2, 0.25) is 0 Å². The summed E-state index contributed by atoms with van der Waals surface area (Å²) in [5, 5.41) is 0. The first-order chi connectivity index (χ1) is 10.1. The highest BCUT2D eigenvalue weighted by Crippen LogP contribution is 2.43. The van der Waals surface area contributed by atoms with E-state index in [2.05, 4.69) is 14.1 Å². The van der Waals surface area contributed by atoms with Crippen LogP contribution in [0.25, 0.3) is 0 Å². The standard InChI is InChI=1S/C12H27O8P/c1-3-5-6-18-20-21(13,14)19-12-11-17-10-9-16-8-7-15-4-2/h3-12H2,1-2H3,(H,13,14). The zero-order chi connectivity index (χ0) is 15.8. The van der Waals surface area contributed by atoms with Crippen LogP contribution in [-0.4, -0.2) is 57.7 Å². The average Bonchev–Trinajstić information content (AvgIpc) is 2.45. The molecule has 0 aliphatic carbocycles. The zero-order valence-corrected chi connectivity index (χ0v) is 13.7. The molecule has 0 aromatic carbocycles. The summed E-state index contributed by atoms with van der Waals surface area (Å²) in [4.78, 5) is 13.8. The van der Waals surface area contributed by atoms with Crippen LogP contribution >= 0.6 is 7.82 Å². The molecule has 1 atom stereocenters. The van der Waals surface area contributed by atoms with Crippen molar-refractivity contribution in [2.75, 3.05) is 52.9 Å². The van der Waals surface area contributed by atoms with Crippen molar-refractivity contribution in [2.24, 2.45) is 0 Å². The predicted octanol–water partition coefficient (Wildman–Crippen LogP) is 1.92. The fraction of sp³-hybridized carbons (Fsp3) is 1.00. The molecule has 21 heavy (non-hydrogen) atoms. The van der Waals surface area contributed by atoms with Crippen molar-refractivity contribution in [3.05, 3.63) is 0 Å². The van der Waals surface area contributed by atoms with E-state index in [-0.39, 0.29) is 19.8 Å². The largest absolute Gasteiger partial charge is 0.499 e. The fourth-order valence-electron chi connectivity index (χ4n) is 1.12. The Hall–Kier alpha value is -0.0500. The molecule has 1 unspecified atom stereocenters. The number of unbranched alkanes of at least 4 members (excludes halogenated alkanes) is 1. The van der Waals surface area contributed by atoms with E-state index in [1.54, 1.807) is 0 Å². The first-order valence-corrected chi connectivity index (χ1v) is 8.63. The van der Waals surface area contributed by atoms with Crippen molar-refractivity contribution in [2.45, 2.75) is 26.7 Å². The van der Waals surface area contributed by atoms with Crippen LogP contribution in [0, 0.1) is 0 Å². The molecule has 0 fully saturated rings. The molecular formula is C12H27O8P. The predicted molar refractivity (Wildman–Crippen MR) is 75.9 cm³/mol. The molecule has 0 aromatic heterocycles. The molecule has 0 heterocycles. The number of hydrogen-bond acceptors (Lipinski definition) is 7. The number of phosphoric acid groups is 1. The molecule has 8 nitrogen and oxygen atoms in total. The van der Waals surface area contributed by atoms with Crippen LogP contribution in [0.1, 0.15) is 26.7 Å². The molecule has 0 aliphatic heterocycles. The number of phosphoric ester groups is 1. The minimum atomic E-state index is -4.16. The normalized spacial score (nSPS) is 14.2. The third-order valence-corrected chi connectivity index (χ3v) is 2.96. The highest BCUT2D eigenvalue weighted by molar-refractivity contribution is 7.47. The molecule has 0 spiro atoms. The monoisotopic (exact) mass is 330 g/mol. The molecule has 1 N–H and O–H groups in total. The molecule has 0 bridgehead atoms. The summed E-state index contributed by atoms with van der Waals surface area (Å²) in [6.45, 7) is 6.78.